The predicted molar refractivity (Wildman–Crippen MR) is 86.9 cm³/mol. The van der Waals surface area contributed by atoms with Crippen molar-refractivity contribution in [3.63, 3.8) is 0 Å². The minimum Gasteiger partial charge on any atom is -0.329 e. The van der Waals surface area contributed by atoms with Gasteiger partial charge in [-0.3, -0.25) is 4.90 Å². The molecule has 1 saturated carbocycles. The van der Waals surface area contributed by atoms with Crippen molar-refractivity contribution in [1.82, 2.24) is 9.80 Å². The Morgan fingerprint density at radius 2 is 1.75 bits per heavy atom. The van der Waals surface area contributed by atoms with E-state index in [1.807, 2.05) is 0 Å². The largest absolute Gasteiger partial charge is 0.329 e. The van der Waals surface area contributed by atoms with Crippen LogP contribution in [-0.4, -0.2) is 55.1 Å². The summed E-state index contributed by atoms with van der Waals surface area (Å²) >= 11 is 0. The molecular weight excluding hydrogens is 246 g/mol. The first kappa shape index (κ1) is 16.3. The standard InChI is InChI=1S/C17H35N3/c1-3-20-11-9-16(10-12-20)19(2)17(14-18)13-15-7-5-4-6-8-15/h15-17H,3-14,18H2,1-2H3. The molecule has 0 radical (unpaired) electrons. The highest BCUT2D eigenvalue weighted by atomic mass is 15.2. The van der Waals surface area contributed by atoms with Gasteiger partial charge in [-0.25, -0.2) is 0 Å². The second kappa shape index (κ2) is 8.35. The molecule has 3 nitrogen and oxygen atoms in total. The third-order valence-corrected chi connectivity index (χ3v) is 5.76. The van der Waals surface area contributed by atoms with Crippen LogP contribution in [0.1, 0.15) is 58.3 Å². The summed E-state index contributed by atoms with van der Waals surface area (Å²) < 4.78 is 0. The van der Waals surface area contributed by atoms with E-state index in [9.17, 15) is 0 Å². The number of piperidine rings is 1. The molecule has 2 N–H and O–H groups in total. The van der Waals surface area contributed by atoms with Crippen LogP contribution >= 0.6 is 0 Å². The van der Waals surface area contributed by atoms with Crippen LogP contribution in [0.4, 0.5) is 0 Å². The van der Waals surface area contributed by atoms with Crippen molar-refractivity contribution in [3.05, 3.63) is 0 Å². The normalized spacial score (nSPS) is 25.2. The zero-order chi connectivity index (χ0) is 14.4. The molecule has 118 valence electrons. The zero-order valence-electron chi connectivity index (χ0n) is 13.7. The van der Waals surface area contributed by atoms with E-state index in [-0.39, 0.29) is 0 Å². The Labute approximate surface area is 125 Å². The summed E-state index contributed by atoms with van der Waals surface area (Å²) in [6, 6.07) is 1.37. The molecule has 1 heterocycles. The van der Waals surface area contributed by atoms with Gasteiger partial charge in [0.1, 0.15) is 0 Å². The molecular formula is C17H35N3. The molecule has 2 rings (SSSR count). The lowest BCUT2D eigenvalue weighted by atomic mass is 9.84. The number of rotatable bonds is 6. The fraction of sp³-hybridized carbons (Fsp3) is 1.00. The van der Waals surface area contributed by atoms with Gasteiger partial charge in [0.25, 0.3) is 0 Å². The predicted octanol–water partition coefficient (Wildman–Crippen LogP) is 2.70. The molecule has 0 aromatic carbocycles. The van der Waals surface area contributed by atoms with Gasteiger partial charge in [0.05, 0.1) is 0 Å². The molecule has 20 heavy (non-hydrogen) atoms. The summed E-state index contributed by atoms with van der Waals surface area (Å²) in [5.41, 5.74) is 6.10. The Kier molecular flexibility index (Phi) is 6.79. The van der Waals surface area contributed by atoms with Gasteiger partial charge in [0, 0.05) is 18.6 Å². The van der Waals surface area contributed by atoms with Gasteiger partial charge in [0.15, 0.2) is 0 Å². The van der Waals surface area contributed by atoms with Gasteiger partial charge >= 0.3 is 0 Å². The van der Waals surface area contributed by atoms with E-state index in [2.05, 4.69) is 23.8 Å². The highest BCUT2D eigenvalue weighted by molar-refractivity contribution is 4.84. The van der Waals surface area contributed by atoms with E-state index in [0.717, 1.165) is 18.5 Å². The number of nitrogens with zero attached hydrogens (tertiary/aromatic N) is 2. The third-order valence-electron chi connectivity index (χ3n) is 5.76. The Bertz CT molecular complexity index is 255. The van der Waals surface area contributed by atoms with Gasteiger partial charge < -0.3 is 10.6 Å². The summed E-state index contributed by atoms with van der Waals surface area (Å²) in [7, 11) is 2.33. The van der Waals surface area contributed by atoms with E-state index in [4.69, 9.17) is 5.73 Å². The summed E-state index contributed by atoms with van der Waals surface area (Å²) in [4.78, 5) is 5.20. The number of hydrogen-bond donors (Lipinski definition) is 1. The first-order valence-corrected chi connectivity index (χ1v) is 8.89. The van der Waals surface area contributed by atoms with Crippen molar-refractivity contribution in [2.75, 3.05) is 33.2 Å². The van der Waals surface area contributed by atoms with Gasteiger partial charge in [-0.2, -0.15) is 0 Å². The monoisotopic (exact) mass is 281 g/mol. The van der Waals surface area contributed by atoms with Crippen molar-refractivity contribution in [2.24, 2.45) is 11.7 Å². The van der Waals surface area contributed by atoms with Gasteiger partial charge in [0.2, 0.25) is 0 Å². The van der Waals surface area contributed by atoms with Crippen LogP contribution in [0.15, 0.2) is 0 Å². The minimum atomic E-state index is 0.608. The molecule has 2 aliphatic rings. The molecule has 0 aromatic rings. The first-order chi connectivity index (χ1) is 9.74. The van der Waals surface area contributed by atoms with E-state index in [0.29, 0.717) is 6.04 Å². The molecule has 0 amide bonds. The minimum absolute atomic E-state index is 0.608. The van der Waals surface area contributed by atoms with E-state index in [1.54, 1.807) is 0 Å². The number of hydrogen-bond acceptors (Lipinski definition) is 3. The number of likely N-dealkylation sites (tertiary alicyclic amines) is 1. The smallest absolute Gasteiger partial charge is 0.0220 e. The van der Waals surface area contributed by atoms with Crippen molar-refractivity contribution < 1.29 is 0 Å². The van der Waals surface area contributed by atoms with Gasteiger partial charge in [-0.15, -0.1) is 0 Å². The number of nitrogens with two attached hydrogens (primary N) is 1. The molecule has 1 aliphatic heterocycles. The average Bonchev–Trinajstić information content (AvgIpc) is 2.53. The fourth-order valence-electron chi connectivity index (χ4n) is 4.18. The lowest BCUT2D eigenvalue weighted by molar-refractivity contribution is 0.0866. The molecule has 3 heteroatoms. The fourth-order valence-corrected chi connectivity index (χ4v) is 4.18. The van der Waals surface area contributed by atoms with Gasteiger partial charge in [-0.05, 0) is 51.9 Å². The molecule has 0 bridgehead atoms. The molecule has 1 aliphatic carbocycles. The van der Waals surface area contributed by atoms with Crippen LogP contribution in [-0.2, 0) is 0 Å². The first-order valence-electron chi connectivity index (χ1n) is 8.89. The molecule has 1 unspecified atom stereocenters. The van der Waals surface area contributed by atoms with Crippen molar-refractivity contribution in [2.45, 2.75) is 70.4 Å². The lowest BCUT2D eigenvalue weighted by Crippen LogP contribution is -2.49. The second-order valence-corrected chi connectivity index (χ2v) is 6.96. The molecule has 0 spiro atoms. The average molecular weight is 281 g/mol. The number of likely N-dealkylation sites (N-methyl/N-ethyl adjacent to an activating group) is 1. The van der Waals surface area contributed by atoms with Crippen LogP contribution in [0.3, 0.4) is 0 Å². The Hall–Kier alpha value is -0.120. The highest BCUT2D eigenvalue weighted by Gasteiger charge is 2.27. The zero-order valence-corrected chi connectivity index (χ0v) is 13.7. The van der Waals surface area contributed by atoms with E-state index >= 15 is 0 Å². The van der Waals surface area contributed by atoms with E-state index < -0.39 is 0 Å². The maximum Gasteiger partial charge on any atom is 0.0220 e. The van der Waals surface area contributed by atoms with Crippen LogP contribution in [0.25, 0.3) is 0 Å². The topological polar surface area (TPSA) is 32.5 Å². The Morgan fingerprint density at radius 1 is 1.10 bits per heavy atom. The third kappa shape index (κ3) is 4.44. The molecule has 1 saturated heterocycles. The van der Waals surface area contributed by atoms with E-state index in [1.165, 1.54) is 71.0 Å². The lowest BCUT2D eigenvalue weighted by Gasteiger charge is -2.41. The molecule has 1 atom stereocenters. The molecule has 2 fully saturated rings. The summed E-state index contributed by atoms with van der Waals surface area (Å²) in [5, 5.41) is 0. The summed E-state index contributed by atoms with van der Waals surface area (Å²) in [5.74, 6) is 0.940. The summed E-state index contributed by atoms with van der Waals surface area (Å²) in [6.07, 6.45) is 11.2. The van der Waals surface area contributed by atoms with Crippen molar-refractivity contribution in [1.29, 1.82) is 0 Å². The summed E-state index contributed by atoms with van der Waals surface area (Å²) in [6.45, 7) is 6.86. The Balaban J connectivity index is 1.80. The van der Waals surface area contributed by atoms with Gasteiger partial charge in [-0.1, -0.05) is 39.0 Å². The SMILES string of the molecule is CCN1CCC(N(C)C(CN)CC2CCCCC2)CC1. The highest BCUT2D eigenvalue weighted by Crippen LogP contribution is 2.29. The van der Waals surface area contributed by atoms with Crippen molar-refractivity contribution >= 4 is 0 Å². The van der Waals surface area contributed by atoms with Crippen LogP contribution in [0.2, 0.25) is 0 Å². The maximum atomic E-state index is 6.10. The maximum absolute atomic E-state index is 6.10. The molecule has 0 aromatic heterocycles. The van der Waals surface area contributed by atoms with Crippen LogP contribution in [0, 0.1) is 5.92 Å². The van der Waals surface area contributed by atoms with Crippen LogP contribution < -0.4 is 5.73 Å². The Morgan fingerprint density at radius 3 is 2.30 bits per heavy atom. The second-order valence-electron chi connectivity index (χ2n) is 6.96. The quantitative estimate of drug-likeness (QED) is 0.812. The van der Waals surface area contributed by atoms with Crippen molar-refractivity contribution in [3.8, 4) is 0 Å². The van der Waals surface area contributed by atoms with Crippen LogP contribution in [0.5, 0.6) is 0 Å².